The number of rotatable bonds is 16. The van der Waals surface area contributed by atoms with Gasteiger partial charge in [-0.05, 0) is 68.4 Å². The normalized spacial score (nSPS) is 34.8. The van der Waals surface area contributed by atoms with Crippen molar-refractivity contribution >= 4 is 57.3 Å². The molecule has 0 radical (unpaired) electrons. The van der Waals surface area contributed by atoms with E-state index in [2.05, 4.69) is 51.3 Å². The SMILES string of the molecule is CC1=C[C@H]2C(=O)O[C@H]3C[C@@H](C/C=C(\C)C[C@@H](C)/C=C/C=C4\CO[C@H]([C@@H]1OC(=O)[C@@H](N)CSSC[C@H](NC(=O)CC[C@H](N)C(=O)O)C(=O)NCC(=O)O)[C@@]42O)O[C@@]1(CC[C@H](C)[C@@H](C(C)C)O1)C3. The number of aliphatic hydroxyl groups is 1. The summed E-state index contributed by atoms with van der Waals surface area (Å²) in [5.41, 5.74) is 11.9. The summed E-state index contributed by atoms with van der Waals surface area (Å²) in [5, 5.41) is 35.5. The van der Waals surface area contributed by atoms with Gasteiger partial charge in [0.25, 0.3) is 0 Å². The van der Waals surface area contributed by atoms with Crippen molar-refractivity contribution in [2.75, 3.05) is 24.7 Å². The largest absolute Gasteiger partial charge is 0.480 e. The average Bonchev–Trinajstić information content (AvgIpc) is 3.59. The highest BCUT2D eigenvalue weighted by atomic mass is 33.1. The zero-order chi connectivity index (χ0) is 48.5. The summed E-state index contributed by atoms with van der Waals surface area (Å²) in [4.78, 5) is 75.5. The Balaban J connectivity index is 1.31. The Labute approximate surface area is 394 Å². The second-order valence-corrected chi connectivity index (χ2v) is 21.3. The molecule has 5 rings (SSSR count). The number of nitrogens with one attached hydrogen (secondary N) is 2. The molecule has 3 saturated heterocycles. The number of aliphatic carboxylic acids is 2. The number of carbonyl (C=O) groups excluding carboxylic acids is 4. The predicted molar refractivity (Wildman–Crippen MR) is 246 cm³/mol. The van der Waals surface area contributed by atoms with E-state index >= 15 is 0 Å². The smallest absolute Gasteiger partial charge is 0.324 e. The minimum atomic E-state index is -1.96. The van der Waals surface area contributed by atoms with Crippen LogP contribution in [0.15, 0.2) is 47.1 Å². The highest BCUT2D eigenvalue weighted by Gasteiger charge is 2.61. The number of amides is 2. The molecule has 0 saturated carbocycles. The quantitative estimate of drug-likeness (QED) is 0.0506. The van der Waals surface area contributed by atoms with Crippen LogP contribution in [0.4, 0.5) is 0 Å². The van der Waals surface area contributed by atoms with E-state index in [1.54, 1.807) is 19.1 Å². The summed E-state index contributed by atoms with van der Waals surface area (Å²) >= 11 is 0. The molecule has 2 bridgehead atoms. The standard InChI is InChI=1S/C46H68N4O14S2/c1-24(2)38-27(5)14-15-45(64-38)19-31-18-30(63-45)11-10-26(4)16-25(3)8-7-9-29-21-60-40-39(28(6)17-32(43(57)61-31)46(29,40)59)62-44(58)34(48)22-65-66-23-35(41(54)49-20-37(52)53)50-36(51)13-12-33(47)42(55)56/h7-10,17,24-25,27,30-35,38-40,59H,11-16,18-23,47-48H2,1-6H3,(H,49,54)(H,50,51)(H,52,53)(H,55,56)/b8-7+,26-10+,29-9+/t25-,27-,30+,31-,32-,33-,34-,35-,38+,39+,40+,45+,46+/m0/s1. The average molecular weight is 965 g/mol. The Morgan fingerprint density at radius 3 is 2.45 bits per heavy atom. The molecule has 0 aromatic carbocycles. The Hall–Kier alpha value is -3.76. The summed E-state index contributed by atoms with van der Waals surface area (Å²) in [6.45, 7) is 11.6. The number of hydrogen-bond acceptors (Lipinski definition) is 16. The second-order valence-electron chi connectivity index (χ2n) is 18.7. The fraction of sp³-hybridized carbons (Fsp3) is 0.696. The predicted octanol–water partition coefficient (Wildman–Crippen LogP) is 3.31. The van der Waals surface area contributed by atoms with E-state index in [1.807, 2.05) is 12.2 Å². The molecule has 1 aliphatic carbocycles. The van der Waals surface area contributed by atoms with E-state index in [0.29, 0.717) is 42.7 Å². The first-order valence-electron chi connectivity index (χ1n) is 22.7. The molecular formula is C46H68N4O14S2. The third-order valence-corrected chi connectivity index (χ3v) is 15.3. The van der Waals surface area contributed by atoms with E-state index in [0.717, 1.165) is 34.4 Å². The molecule has 66 heavy (non-hydrogen) atoms. The Morgan fingerprint density at radius 2 is 1.76 bits per heavy atom. The molecule has 4 heterocycles. The van der Waals surface area contributed by atoms with Gasteiger partial charge in [-0.25, -0.2) is 0 Å². The number of ether oxygens (including phenoxy) is 5. The lowest BCUT2D eigenvalue weighted by atomic mass is 9.70. The summed E-state index contributed by atoms with van der Waals surface area (Å²) in [5.74, 6) is -7.02. The number of carboxylic acids is 2. The first-order chi connectivity index (χ1) is 31.1. The van der Waals surface area contributed by atoms with Crippen LogP contribution in [0.25, 0.3) is 0 Å². The first kappa shape index (κ1) is 53.2. The molecule has 18 nitrogen and oxygen atoms in total. The van der Waals surface area contributed by atoms with Gasteiger partial charge >= 0.3 is 23.9 Å². The number of carbonyl (C=O) groups is 6. The van der Waals surface area contributed by atoms with Crippen molar-refractivity contribution in [3.05, 3.63) is 47.1 Å². The third-order valence-electron chi connectivity index (χ3n) is 12.8. The van der Waals surface area contributed by atoms with Crippen molar-refractivity contribution in [3.8, 4) is 0 Å². The molecular weight excluding hydrogens is 897 g/mol. The lowest BCUT2D eigenvalue weighted by molar-refractivity contribution is -0.340. The van der Waals surface area contributed by atoms with E-state index in [4.69, 9.17) is 45.4 Å². The molecule has 0 unspecified atom stereocenters. The fourth-order valence-electron chi connectivity index (χ4n) is 9.28. The molecule has 5 aliphatic rings. The molecule has 368 valence electrons. The second kappa shape index (κ2) is 23.5. The number of nitrogens with two attached hydrogens (primary N) is 2. The summed E-state index contributed by atoms with van der Waals surface area (Å²) < 4.78 is 32.2. The molecule has 9 N–H and O–H groups in total. The zero-order valence-corrected chi connectivity index (χ0v) is 40.2. The third kappa shape index (κ3) is 13.7. The van der Waals surface area contributed by atoms with Crippen LogP contribution in [0.3, 0.4) is 0 Å². The van der Waals surface area contributed by atoms with Crippen LogP contribution >= 0.6 is 21.6 Å². The zero-order valence-electron chi connectivity index (χ0n) is 38.6. The maximum absolute atomic E-state index is 14.5. The van der Waals surface area contributed by atoms with Crippen LogP contribution in [-0.2, 0) is 52.5 Å². The Bertz CT molecular complexity index is 1930. The minimum Gasteiger partial charge on any atom is -0.480 e. The van der Waals surface area contributed by atoms with Crippen LogP contribution in [0.2, 0.25) is 0 Å². The van der Waals surface area contributed by atoms with E-state index in [-0.39, 0.29) is 55.0 Å². The van der Waals surface area contributed by atoms with E-state index < -0.39 is 96.0 Å². The molecule has 0 aromatic rings. The van der Waals surface area contributed by atoms with Crippen molar-refractivity contribution in [1.82, 2.24) is 10.6 Å². The van der Waals surface area contributed by atoms with E-state index in [1.165, 1.54) is 5.57 Å². The number of fused-ring (bicyclic) bond motifs is 2. The van der Waals surface area contributed by atoms with Crippen LogP contribution in [-0.4, -0.2) is 136 Å². The molecule has 3 fully saturated rings. The van der Waals surface area contributed by atoms with E-state index in [9.17, 15) is 33.9 Å². The summed E-state index contributed by atoms with van der Waals surface area (Å²) in [6, 6.07) is -3.70. The van der Waals surface area contributed by atoms with Crippen LogP contribution in [0.5, 0.6) is 0 Å². The first-order valence-corrected chi connectivity index (χ1v) is 25.2. The van der Waals surface area contributed by atoms with Crippen molar-refractivity contribution in [3.63, 3.8) is 0 Å². The molecule has 4 aliphatic heterocycles. The van der Waals surface area contributed by atoms with Crippen LogP contribution in [0.1, 0.15) is 92.9 Å². The minimum absolute atomic E-state index is 0.0223. The molecule has 20 heteroatoms. The number of hydrogen-bond donors (Lipinski definition) is 7. The van der Waals surface area contributed by atoms with Gasteiger partial charge in [-0.3, -0.25) is 28.8 Å². The van der Waals surface area contributed by atoms with Gasteiger partial charge < -0.3 is 61.1 Å². The van der Waals surface area contributed by atoms with Crippen LogP contribution in [0, 0.1) is 23.7 Å². The molecule has 2 amide bonds. The Morgan fingerprint density at radius 1 is 1.03 bits per heavy atom. The summed E-state index contributed by atoms with van der Waals surface area (Å²) in [6.07, 6.45) is 9.50. The lowest BCUT2D eigenvalue weighted by Crippen LogP contribution is -2.59. The maximum Gasteiger partial charge on any atom is 0.324 e. The maximum atomic E-state index is 14.5. The molecule has 13 atom stereocenters. The van der Waals surface area contributed by atoms with Gasteiger partial charge in [0.05, 0.1) is 18.8 Å². The lowest BCUT2D eigenvalue weighted by Gasteiger charge is -2.50. The van der Waals surface area contributed by atoms with Crippen molar-refractivity contribution < 1.29 is 67.8 Å². The van der Waals surface area contributed by atoms with Crippen molar-refractivity contribution in [2.45, 2.75) is 153 Å². The number of allylic oxidation sites excluding steroid dienone is 4. The summed E-state index contributed by atoms with van der Waals surface area (Å²) in [7, 11) is 2.16. The number of esters is 2. The van der Waals surface area contributed by atoms with Gasteiger partial charge in [-0.1, -0.05) is 85.2 Å². The van der Waals surface area contributed by atoms with Gasteiger partial charge in [-0.2, -0.15) is 0 Å². The van der Waals surface area contributed by atoms with Gasteiger partial charge in [0, 0.05) is 37.2 Å². The van der Waals surface area contributed by atoms with Crippen molar-refractivity contribution in [2.24, 2.45) is 35.1 Å². The van der Waals surface area contributed by atoms with Gasteiger partial charge in [0.2, 0.25) is 11.8 Å². The molecule has 1 spiro atoms. The highest BCUT2D eigenvalue weighted by molar-refractivity contribution is 8.76. The molecule has 0 aromatic heterocycles. The van der Waals surface area contributed by atoms with Crippen LogP contribution < -0.4 is 22.1 Å². The van der Waals surface area contributed by atoms with Gasteiger partial charge in [-0.15, -0.1) is 0 Å². The monoisotopic (exact) mass is 964 g/mol. The van der Waals surface area contributed by atoms with Crippen molar-refractivity contribution in [1.29, 1.82) is 0 Å². The highest BCUT2D eigenvalue weighted by Crippen LogP contribution is 2.48. The topological polar surface area (TPSA) is 285 Å². The number of carboxylic acid groups (broad SMARTS) is 2. The van der Waals surface area contributed by atoms with Gasteiger partial charge in [0.1, 0.15) is 48.4 Å². The van der Waals surface area contributed by atoms with Gasteiger partial charge in [0.15, 0.2) is 11.9 Å². The fourth-order valence-corrected chi connectivity index (χ4v) is 11.6. The Kier molecular flexibility index (Phi) is 18.9.